The molecular weight excluding hydrogens is 422 g/mol. The Morgan fingerprint density at radius 1 is 0.844 bits per heavy atom. The van der Waals surface area contributed by atoms with Gasteiger partial charge in [0.1, 0.15) is 18.1 Å². The summed E-state index contributed by atoms with van der Waals surface area (Å²) in [4.78, 5) is 60.1. The molecule has 12 nitrogen and oxygen atoms in total. The molecule has 0 aromatic heterocycles. The first kappa shape index (κ1) is 29.3. The van der Waals surface area contributed by atoms with Gasteiger partial charge in [0.05, 0.1) is 6.04 Å². The van der Waals surface area contributed by atoms with Gasteiger partial charge in [0, 0.05) is 6.42 Å². The number of carbonyl (C=O) groups excluding carboxylic acids is 3. The molecule has 0 fully saturated rings. The lowest BCUT2D eigenvalue weighted by Gasteiger charge is -2.27. The predicted molar refractivity (Wildman–Crippen MR) is 116 cm³/mol. The highest BCUT2D eigenvalue weighted by Crippen LogP contribution is 2.10. The van der Waals surface area contributed by atoms with Gasteiger partial charge in [-0.15, -0.1) is 0 Å². The van der Waals surface area contributed by atoms with Gasteiger partial charge in [-0.05, 0) is 45.1 Å². The number of carboxylic acid groups (broad SMARTS) is 2. The fourth-order valence-corrected chi connectivity index (χ4v) is 2.81. The van der Waals surface area contributed by atoms with Crippen LogP contribution < -0.4 is 27.4 Å². The molecule has 0 aliphatic rings. The first-order chi connectivity index (χ1) is 14.9. The van der Waals surface area contributed by atoms with Crippen molar-refractivity contribution in [3.63, 3.8) is 0 Å². The average Bonchev–Trinajstić information content (AvgIpc) is 2.72. The zero-order valence-electron chi connectivity index (χ0n) is 18.9. The first-order valence-electron chi connectivity index (χ1n) is 10.8. The van der Waals surface area contributed by atoms with Gasteiger partial charge in [-0.25, -0.2) is 4.79 Å². The molecule has 0 bridgehead atoms. The molecule has 5 atom stereocenters. The van der Waals surface area contributed by atoms with Gasteiger partial charge in [-0.2, -0.15) is 0 Å². The molecule has 12 heteroatoms. The van der Waals surface area contributed by atoms with Crippen molar-refractivity contribution in [3.05, 3.63) is 0 Å². The largest absolute Gasteiger partial charge is 0.481 e. The van der Waals surface area contributed by atoms with Crippen LogP contribution in [-0.2, 0) is 24.0 Å². The van der Waals surface area contributed by atoms with Crippen LogP contribution in [0, 0.1) is 5.92 Å². The Hall–Kier alpha value is -2.73. The van der Waals surface area contributed by atoms with E-state index in [1.807, 2.05) is 6.92 Å². The third-order valence-corrected chi connectivity index (χ3v) is 5.05. The van der Waals surface area contributed by atoms with E-state index in [4.69, 9.17) is 16.6 Å². The summed E-state index contributed by atoms with van der Waals surface area (Å²) in [5, 5.41) is 25.7. The van der Waals surface area contributed by atoms with E-state index in [2.05, 4.69) is 16.0 Å². The number of hydrogen-bond acceptors (Lipinski definition) is 7. The van der Waals surface area contributed by atoms with E-state index >= 15 is 0 Å². The Kier molecular flexibility index (Phi) is 13.8. The molecule has 32 heavy (non-hydrogen) atoms. The van der Waals surface area contributed by atoms with Crippen LogP contribution in [0.3, 0.4) is 0 Å². The van der Waals surface area contributed by atoms with Gasteiger partial charge in [0.2, 0.25) is 17.7 Å². The third-order valence-electron chi connectivity index (χ3n) is 5.05. The zero-order chi connectivity index (χ0) is 24.8. The van der Waals surface area contributed by atoms with Crippen molar-refractivity contribution in [1.82, 2.24) is 16.0 Å². The summed E-state index contributed by atoms with van der Waals surface area (Å²) in [7, 11) is 0. The number of hydrogen-bond donors (Lipinski definition) is 7. The Balaban J connectivity index is 5.49. The van der Waals surface area contributed by atoms with Crippen LogP contribution >= 0.6 is 0 Å². The summed E-state index contributed by atoms with van der Waals surface area (Å²) < 4.78 is 0. The maximum Gasteiger partial charge on any atom is 0.326 e. The fraction of sp³-hybridized carbons (Fsp3) is 0.750. The van der Waals surface area contributed by atoms with Crippen LogP contribution in [0.15, 0.2) is 0 Å². The molecule has 0 spiro atoms. The molecule has 0 aromatic carbocycles. The quantitative estimate of drug-likeness (QED) is 0.139. The van der Waals surface area contributed by atoms with Gasteiger partial charge in [0.15, 0.2) is 0 Å². The minimum absolute atomic E-state index is 0.137. The second kappa shape index (κ2) is 15.1. The highest BCUT2D eigenvalue weighted by atomic mass is 16.4. The number of carbonyl (C=O) groups is 5. The molecule has 0 radical (unpaired) electrons. The number of nitrogens with two attached hydrogens (primary N) is 2. The molecule has 0 saturated heterocycles. The topological polar surface area (TPSA) is 214 Å². The van der Waals surface area contributed by atoms with Crippen molar-refractivity contribution >= 4 is 29.7 Å². The zero-order valence-corrected chi connectivity index (χ0v) is 18.9. The van der Waals surface area contributed by atoms with E-state index in [0.717, 1.165) is 0 Å². The van der Waals surface area contributed by atoms with Crippen molar-refractivity contribution in [3.8, 4) is 0 Å². The minimum Gasteiger partial charge on any atom is -0.481 e. The lowest BCUT2D eigenvalue weighted by atomic mass is 9.97. The minimum atomic E-state index is -1.30. The standard InChI is InChI=1S/C20H37N5O7/c1-4-11(2)16(25-17(28)12(3)22)19(30)23-13(8-9-15(26)27)18(29)24-14(20(31)32)7-5-6-10-21/h11-14,16H,4-10,21-22H2,1-3H3,(H,23,30)(H,24,29)(H,25,28)(H,26,27)(H,31,32). The SMILES string of the molecule is CCC(C)C(NC(=O)C(C)N)C(=O)NC(CCC(=O)O)C(=O)NC(CCCCN)C(=O)O. The monoisotopic (exact) mass is 459 g/mol. The molecule has 184 valence electrons. The lowest BCUT2D eigenvalue weighted by molar-refractivity contribution is -0.143. The van der Waals surface area contributed by atoms with E-state index in [0.29, 0.717) is 25.8 Å². The number of carboxylic acids is 2. The number of rotatable bonds is 16. The van der Waals surface area contributed by atoms with Gasteiger partial charge >= 0.3 is 11.9 Å². The van der Waals surface area contributed by atoms with Crippen LogP contribution in [0.25, 0.3) is 0 Å². The van der Waals surface area contributed by atoms with E-state index in [9.17, 15) is 29.1 Å². The van der Waals surface area contributed by atoms with E-state index in [1.165, 1.54) is 6.92 Å². The van der Waals surface area contributed by atoms with Crippen LogP contribution in [-0.4, -0.2) is 70.6 Å². The normalized spacial score (nSPS) is 15.5. The first-order valence-corrected chi connectivity index (χ1v) is 10.8. The number of aliphatic carboxylic acids is 2. The summed E-state index contributed by atoms with van der Waals surface area (Å²) in [5.74, 6) is -4.79. The number of nitrogens with one attached hydrogen (secondary N) is 3. The smallest absolute Gasteiger partial charge is 0.326 e. The molecule has 0 aliphatic heterocycles. The Morgan fingerprint density at radius 3 is 1.91 bits per heavy atom. The molecule has 0 rings (SSSR count). The Labute approximate surface area is 187 Å². The highest BCUT2D eigenvalue weighted by molar-refractivity contribution is 5.94. The molecule has 9 N–H and O–H groups in total. The van der Waals surface area contributed by atoms with Gasteiger partial charge in [-0.3, -0.25) is 19.2 Å². The number of unbranched alkanes of at least 4 members (excludes halogenated alkanes) is 1. The molecule has 3 amide bonds. The Morgan fingerprint density at radius 2 is 1.44 bits per heavy atom. The summed E-state index contributed by atoms with van der Waals surface area (Å²) in [6.07, 6.45) is 1.04. The molecule has 5 unspecified atom stereocenters. The van der Waals surface area contributed by atoms with Gasteiger partial charge < -0.3 is 37.6 Å². The molecular formula is C20H37N5O7. The summed E-state index contributed by atoms with van der Waals surface area (Å²) in [5.41, 5.74) is 11.0. The number of amides is 3. The summed E-state index contributed by atoms with van der Waals surface area (Å²) in [6.45, 7) is 5.38. The molecule has 0 heterocycles. The van der Waals surface area contributed by atoms with Crippen molar-refractivity contribution < 1.29 is 34.2 Å². The van der Waals surface area contributed by atoms with Gasteiger partial charge in [0.25, 0.3) is 0 Å². The van der Waals surface area contributed by atoms with Crippen LogP contribution in [0.1, 0.15) is 59.3 Å². The van der Waals surface area contributed by atoms with Gasteiger partial charge in [-0.1, -0.05) is 20.3 Å². The van der Waals surface area contributed by atoms with Crippen molar-refractivity contribution in [2.75, 3.05) is 6.54 Å². The Bertz CT molecular complexity index is 656. The maximum atomic E-state index is 12.9. The molecule has 0 aliphatic carbocycles. The van der Waals surface area contributed by atoms with Crippen LogP contribution in [0.2, 0.25) is 0 Å². The fourth-order valence-electron chi connectivity index (χ4n) is 2.81. The average molecular weight is 460 g/mol. The highest BCUT2D eigenvalue weighted by Gasteiger charge is 2.32. The van der Waals surface area contributed by atoms with Crippen molar-refractivity contribution in [2.45, 2.75) is 83.5 Å². The van der Waals surface area contributed by atoms with E-state index < -0.39 is 60.2 Å². The second-order valence-corrected chi connectivity index (χ2v) is 7.84. The van der Waals surface area contributed by atoms with Crippen LogP contribution in [0.5, 0.6) is 0 Å². The summed E-state index contributed by atoms with van der Waals surface area (Å²) >= 11 is 0. The maximum absolute atomic E-state index is 12.9. The molecule has 0 saturated carbocycles. The van der Waals surface area contributed by atoms with E-state index in [-0.39, 0.29) is 18.8 Å². The molecule has 0 aromatic rings. The van der Waals surface area contributed by atoms with Crippen LogP contribution in [0.4, 0.5) is 0 Å². The summed E-state index contributed by atoms with van der Waals surface area (Å²) in [6, 6.07) is -4.36. The van der Waals surface area contributed by atoms with Crippen molar-refractivity contribution in [1.29, 1.82) is 0 Å². The third kappa shape index (κ3) is 11.0. The predicted octanol–water partition coefficient (Wildman–Crippen LogP) is -1.09. The van der Waals surface area contributed by atoms with Crippen molar-refractivity contribution in [2.24, 2.45) is 17.4 Å². The lowest BCUT2D eigenvalue weighted by Crippen LogP contribution is -2.58. The van der Waals surface area contributed by atoms with E-state index in [1.54, 1.807) is 6.92 Å². The second-order valence-electron chi connectivity index (χ2n) is 7.84.